The molecule has 8 nitrogen and oxygen atoms in total. The summed E-state index contributed by atoms with van der Waals surface area (Å²) in [6.45, 7) is 12.6. The standard InChI is InChI=1S/C18H35N5O3/c1-7-15(24)23-11-9-14(13-23)21-16(19-8-2)20-10-12-22(6)17(25)26-18(3,4)5/h14H,7-13H2,1-6H3,(H2,19,20,21). The lowest BCUT2D eigenvalue weighted by molar-refractivity contribution is -0.129. The number of likely N-dealkylation sites (N-methyl/N-ethyl adjacent to an activating group) is 1. The number of guanidine groups is 1. The maximum absolute atomic E-state index is 12.0. The first kappa shape index (κ1) is 22.1. The highest BCUT2D eigenvalue weighted by Crippen LogP contribution is 2.10. The average molecular weight is 370 g/mol. The fraction of sp³-hybridized carbons (Fsp3) is 0.833. The zero-order chi connectivity index (χ0) is 19.7. The largest absolute Gasteiger partial charge is 0.444 e. The van der Waals surface area contributed by atoms with Crippen molar-refractivity contribution in [1.29, 1.82) is 0 Å². The topological polar surface area (TPSA) is 86.3 Å². The van der Waals surface area contributed by atoms with E-state index in [0.29, 0.717) is 32.0 Å². The lowest BCUT2D eigenvalue weighted by atomic mass is 10.2. The zero-order valence-electron chi connectivity index (χ0n) is 17.1. The SMILES string of the molecule is CCNC(=NCCN(C)C(=O)OC(C)(C)C)NC1CCN(C(=O)CC)C1. The quantitative estimate of drug-likeness (QED) is 0.546. The molecule has 2 amide bonds. The Labute approximate surface area is 157 Å². The molecule has 1 fully saturated rings. The van der Waals surface area contributed by atoms with Crippen molar-refractivity contribution in [2.75, 3.05) is 39.8 Å². The summed E-state index contributed by atoms with van der Waals surface area (Å²) in [5.74, 6) is 0.899. The van der Waals surface area contributed by atoms with Crippen LogP contribution in [0.2, 0.25) is 0 Å². The van der Waals surface area contributed by atoms with E-state index >= 15 is 0 Å². The normalized spacial score (nSPS) is 17.8. The Bertz CT molecular complexity index is 502. The molecule has 1 atom stereocenters. The summed E-state index contributed by atoms with van der Waals surface area (Å²) in [4.78, 5) is 31.7. The van der Waals surface area contributed by atoms with E-state index in [4.69, 9.17) is 4.74 Å². The van der Waals surface area contributed by atoms with E-state index in [1.54, 1.807) is 7.05 Å². The molecule has 1 saturated heterocycles. The summed E-state index contributed by atoms with van der Waals surface area (Å²) in [6, 6.07) is 0.201. The van der Waals surface area contributed by atoms with Crippen LogP contribution in [-0.2, 0) is 9.53 Å². The molecule has 1 aliphatic rings. The molecule has 1 rings (SSSR count). The highest BCUT2D eigenvalue weighted by atomic mass is 16.6. The van der Waals surface area contributed by atoms with Gasteiger partial charge in [-0.3, -0.25) is 9.79 Å². The summed E-state index contributed by atoms with van der Waals surface area (Å²) < 4.78 is 5.33. The number of amides is 2. The van der Waals surface area contributed by atoms with Gasteiger partial charge in [-0.15, -0.1) is 0 Å². The number of nitrogens with one attached hydrogen (secondary N) is 2. The molecule has 8 heteroatoms. The van der Waals surface area contributed by atoms with E-state index in [9.17, 15) is 9.59 Å². The second-order valence-corrected chi connectivity index (χ2v) is 7.49. The minimum absolute atomic E-state index is 0.190. The predicted molar refractivity (Wildman–Crippen MR) is 103 cm³/mol. The van der Waals surface area contributed by atoms with Crippen molar-refractivity contribution in [3.8, 4) is 0 Å². The first-order chi connectivity index (χ1) is 12.2. The van der Waals surface area contributed by atoms with Crippen LogP contribution in [0.3, 0.4) is 0 Å². The monoisotopic (exact) mass is 369 g/mol. The van der Waals surface area contributed by atoms with E-state index in [-0.39, 0.29) is 18.0 Å². The number of hydrogen-bond donors (Lipinski definition) is 2. The first-order valence-electron chi connectivity index (χ1n) is 9.43. The molecular formula is C18H35N5O3. The second kappa shape index (κ2) is 10.2. The van der Waals surface area contributed by atoms with Crippen LogP contribution in [-0.4, -0.2) is 79.2 Å². The predicted octanol–water partition coefficient (Wildman–Crippen LogP) is 1.42. The molecule has 26 heavy (non-hydrogen) atoms. The van der Waals surface area contributed by atoms with Gasteiger partial charge in [0.25, 0.3) is 0 Å². The Morgan fingerprint density at radius 3 is 2.58 bits per heavy atom. The number of ether oxygens (including phenoxy) is 1. The number of likely N-dealkylation sites (tertiary alicyclic amines) is 1. The Morgan fingerprint density at radius 1 is 1.31 bits per heavy atom. The van der Waals surface area contributed by atoms with Gasteiger partial charge in [-0.2, -0.15) is 0 Å². The fourth-order valence-corrected chi connectivity index (χ4v) is 2.58. The minimum atomic E-state index is -0.505. The van der Waals surface area contributed by atoms with Gasteiger partial charge in [-0.05, 0) is 34.1 Å². The summed E-state index contributed by atoms with van der Waals surface area (Å²) in [5.41, 5.74) is -0.505. The Balaban J connectivity index is 2.49. The highest BCUT2D eigenvalue weighted by Gasteiger charge is 2.25. The molecule has 0 radical (unpaired) electrons. The Kier molecular flexibility index (Phi) is 8.68. The van der Waals surface area contributed by atoms with Crippen LogP contribution in [0.25, 0.3) is 0 Å². The highest BCUT2D eigenvalue weighted by molar-refractivity contribution is 5.80. The minimum Gasteiger partial charge on any atom is -0.444 e. The number of hydrogen-bond acceptors (Lipinski definition) is 4. The number of carbonyl (C=O) groups is 2. The zero-order valence-corrected chi connectivity index (χ0v) is 17.1. The van der Waals surface area contributed by atoms with Gasteiger partial charge in [0, 0.05) is 45.7 Å². The Hall–Kier alpha value is -1.99. The van der Waals surface area contributed by atoms with Crippen molar-refractivity contribution >= 4 is 18.0 Å². The van der Waals surface area contributed by atoms with Gasteiger partial charge in [0.1, 0.15) is 5.60 Å². The van der Waals surface area contributed by atoms with Crippen molar-refractivity contribution in [3.63, 3.8) is 0 Å². The van der Waals surface area contributed by atoms with Crippen molar-refractivity contribution in [2.45, 2.75) is 59.1 Å². The number of rotatable bonds is 6. The van der Waals surface area contributed by atoms with Crippen molar-refractivity contribution < 1.29 is 14.3 Å². The summed E-state index contributed by atoms with van der Waals surface area (Å²) in [7, 11) is 1.70. The van der Waals surface area contributed by atoms with Gasteiger partial charge in [-0.1, -0.05) is 6.92 Å². The van der Waals surface area contributed by atoms with Crippen LogP contribution in [0, 0.1) is 0 Å². The molecule has 2 N–H and O–H groups in total. The lowest BCUT2D eigenvalue weighted by Crippen LogP contribution is -2.45. The van der Waals surface area contributed by atoms with E-state index in [1.807, 2.05) is 39.5 Å². The average Bonchev–Trinajstić information content (AvgIpc) is 3.01. The molecule has 0 aromatic carbocycles. The molecule has 1 heterocycles. The third-order valence-corrected chi connectivity index (χ3v) is 3.94. The number of nitrogens with zero attached hydrogens (tertiary/aromatic N) is 3. The van der Waals surface area contributed by atoms with Crippen molar-refractivity contribution in [3.05, 3.63) is 0 Å². The molecule has 1 unspecified atom stereocenters. The van der Waals surface area contributed by atoms with Crippen LogP contribution in [0.1, 0.15) is 47.5 Å². The third kappa shape index (κ3) is 7.93. The van der Waals surface area contributed by atoms with Crippen molar-refractivity contribution in [1.82, 2.24) is 20.4 Å². The van der Waals surface area contributed by atoms with Gasteiger partial charge >= 0.3 is 6.09 Å². The van der Waals surface area contributed by atoms with E-state index in [0.717, 1.165) is 19.5 Å². The molecule has 0 saturated carbocycles. The molecule has 150 valence electrons. The van der Waals surface area contributed by atoms with Crippen LogP contribution in [0.5, 0.6) is 0 Å². The van der Waals surface area contributed by atoms with Crippen LogP contribution >= 0.6 is 0 Å². The van der Waals surface area contributed by atoms with Gasteiger partial charge in [0.05, 0.1) is 6.54 Å². The fourth-order valence-electron chi connectivity index (χ4n) is 2.58. The number of aliphatic imine (C=N–C) groups is 1. The summed E-state index contributed by atoms with van der Waals surface area (Å²) >= 11 is 0. The van der Waals surface area contributed by atoms with Gasteiger partial charge in [-0.25, -0.2) is 4.79 Å². The van der Waals surface area contributed by atoms with Gasteiger partial charge in [0.15, 0.2) is 5.96 Å². The molecule has 0 aromatic rings. The van der Waals surface area contributed by atoms with Crippen LogP contribution in [0.4, 0.5) is 4.79 Å². The molecule has 0 aliphatic carbocycles. The maximum atomic E-state index is 12.0. The number of carbonyl (C=O) groups excluding carboxylic acids is 2. The summed E-state index contributed by atoms with van der Waals surface area (Å²) in [5, 5.41) is 6.59. The van der Waals surface area contributed by atoms with Crippen molar-refractivity contribution in [2.24, 2.45) is 4.99 Å². The molecule has 1 aliphatic heterocycles. The Morgan fingerprint density at radius 2 is 2.00 bits per heavy atom. The van der Waals surface area contributed by atoms with Gasteiger partial charge in [0.2, 0.25) is 5.91 Å². The summed E-state index contributed by atoms with van der Waals surface area (Å²) in [6.07, 6.45) is 1.10. The van der Waals surface area contributed by atoms with E-state index in [2.05, 4.69) is 15.6 Å². The molecular weight excluding hydrogens is 334 g/mol. The third-order valence-electron chi connectivity index (χ3n) is 3.94. The molecule has 0 spiro atoms. The smallest absolute Gasteiger partial charge is 0.410 e. The maximum Gasteiger partial charge on any atom is 0.410 e. The lowest BCUT2D eigenvalue weighted by Gasteiger charge is -2.24. The van der Waals surface area contributed by atoms with E-state index < -0.39 is 5.60 Å². The molecule has 0 bridgehead atoms. The van der Waals surface area contributed by atoms with Crippen LogP contribution < -0.4 is 10.6 Å². The second-order valence-electron chi connectivity index (χ2n) is 7.49. The first-order valence-corrected chi connectivity index (χ1v) is 9.43. The van der Waals surface area contributed by atoms with E-state index in [1.165, 1.54) is 4.90 Å². The van der Waals surface area contributed by atoms with Gasteiger partial charge < -0.3 is 25.2 Å². The molecule has 0 aromatic heterocycles. The van der Waals surface area contributed by atoms with Crippen LogP contribution in [0.15, 0.2) is 4.99 Å².